The second-order valence-corrected chi connectivity index (χ2v) is 8.01. The van der Waals surface area contributed by atoms with Gasteiger partial charge in [-0.05, 0) is 67.2 Å². The van der Waals surface area contributed by atoms with Gasteiger partial charge in [0.05, 0.1) is 0 Å². The topological polar surface area (TPSA) is 75.2 Å². The van der Waals surface area contributed by atoms with Crippen LogP contribution in [-0.2, 0) is 4.79 Å². The minimum absolute atomic E-state index is 0.0303. The van der Waals surface area contributed by atoms with Crippen LogP contribution in [0, 0.1) is 6.92 Å². The Kier molecular flexibility index (Phi) is 3.74. The Morgan fingerprint density at radius 2 is 1.93 bits per heavy atom. The molecule has 1 aromatic heterocycles. The highest BCUT2D eigenvalue weighted by atomic mass is 16.2. The summed E-state index contributed by atoms with van der Waals surface area (Å²) in [6.07, 6.45) is 7.72. The Bertz CT molecular complexity index is 914. The van der Waals surface area contributed by atoms with E-state index in [0.717, 1.165) is 24.0 Å². The van der Waals surface area contributed by atoms with Gasteiger partial charge < -0.3 is 4.90 Å². The van der Waals surface area contributed by atoms with E-state index in [1.54, 1.807) is 17.3 Å². The normalized spacial score (nSPS) is 23.3. The molecule has 1 aromatic carbocycles. The molecule has 2 aromatic rings. The van der Waals surface area contributed by atoms with Crippen molar-refractivity contribution in [1.82, 2.24) is 14.9 Å². The van der Waals surface area contributed by atoms with Crippen LogP contribution in [0.15, 0.2) is 30.6 Å². The average molecular weight is 362 g/mol. The fraction of sp³-hybridized carbons (Fsp3) is 0.429. The number of benzene rings is 1. The molecular formula is C21H22N4O2. The third kappa shape index (κ3) is 2.99. The fourth-order valence-corrected chi connectivity index (χ4v) is 4.18. The minimum Gasteiger partial charge on any atom is -0.326 e. The van der Waals surface area contributed by atoms with Crippen LogP contribution in [0.4, 0.5) is 5.95 Å². The van der Waals surface area contributed by atoms with E-state index in [4.69, 9.17) is 0 Å². The second-order valence-electron chi connectivity index (χ2n) is 8.01. The van der Waals surface area contributed by atoms with E-state index in [9.17, 15) is 9.59 Å². The molecule has 4 aliphatic rings. The predicted octanol–water partition coefficient (Wildman–Crippen LogP) is 3.00. The van der Waals surface area contributed by atoms with E-state index < -0.39 is 0 Å². The summed E-state index contributed by atoms with van der Waals surface area (Å²) < 4.78 is 0. The van der Waals surface area contributed by atoms with Gasteiger partial charge >= 0.3 is 0 Å². The highest BCUT2D eigenvalue weighted by molar-refractivity contribution is 6.01. The van der Waals surface area contributed by atoms with E-state index in [1.165, 1.54) is 24.0 Å². The van der Waals surface area contributed by atoms with Crippen LogP contribution >= 0.6 is 0 Å². The molecule has 138 valence electrons. The molecule has 6 rings (SSSR count). The summed E-state index contributed by atoms with van der Waals surface area (Å²) in [6, 6.07) is 6.45. The van der Waals surface area contributed by atoms with Crippen LogP contribution in [0.5, 0.6) is 0 Å². The molecule has 0 saturated heterocycles. The molecule has 2 fully saturated rings. The Hall–Kier alpha value is -2.76. The van der Waals surface area contributed by atoms with E-state index >= 15 is 0 Å². The fourth-order valence-electron chi connectivity index (χ4n) is 4.18. The minimum atomic E-state index is -0.256. The summed E-state index contributed by atoms with van der Waals surface area (Å²) in [5.74, 6) is 1.11. The zero-order valence-corrected chi connectivity index (χ0v) is 15.3. The molecule has 2 aliphatic heterocycles. The first-order valence-corrected chi connectivity index (χ1v) is 9.62. The lowest BCUT2D eigenvalue weighted by atomic mass is 9.75. The number of fused-ring (bicyclic) bond motifs is 1. The average Bonchev–Trinajstić information content (AvgIpc) is 3.46. The van der Waals surface area contributed by atoms with Crippen molar-refractivity contribution in [2.24, 2.45) is 0 Å². The molecule has 27 heavy (non-hydrogen) atoms. The maximum atomic E-state index is 13.1. The maximum Gasteiger partial charge on any atom is 0.254 e. The van der Waals surface area contributed by atoms with Crippen LogP contribution < -0.4 is 5.32 Å². The lowest BCUT2D eigenvalue weighted by Gasteiger charge is -2.39. The summed E-state index contributed by atoms with van der Waals surface area (Å²) in [7, 11) is 0. The van der Waals surface area contributed by atoms with E-state index in [0.29, 0.717) is 11.8 Å². The van der Waals surface area contributed by atoms with Crippen LogP contribution in [0.25, 0.3) is 0 Å². The summed E-state index contributed by atoms with van der Waals surface area (Å²) in [4.78, 5) is 35.5. The number of nitrogens with one attached hydrogen (secondary N) is 1. The van der Waals surface area contributed by atoms with E-state index in [2.05, 4.69) is 27.4 Å². The maximum absolute atomic E-state index is 13.1. The monoisotopic (exact) mass is 362 g/mol. The van der Waals surface area contributed by atoms with Gasteiger partial charge in [-0.25, -0.2) is 9.97 Å². The molecule has 1 N–H and O–H groups in total. The van der Waals surface area contributed by atoms with E-state index in [1.807, 2.05) is 13.0 Å². The Morgan fingerprint density at radius 3 is 2.63 bits per heavy atom. The zero-order chi connectivity index (χ0) is 18.5. The molecule has 0 radical (unpaired) electrons. The number of aromatic nitrogens is 2. The van der Waals surface area contributed by atoms with Gasteiger partial charge in [-0.15, -0.1) is 0 Å². The number of amides is 2. The Morgan fingerprint density at radius 1 is 1.19 bits per heavy atom. The SMILES string of the molecule is Cc1cnc(NC(=O)CN2C(=O)c3ccc(C4CC4)cc3C3CC2C3)nc1. The molecule has 0 spiro atoms. The number of anilines is 1. The van der Waals surface area contributed by atoms with Crippen molar-refractivity contribution >= 4 is 17.8 Å². The number of carbonyl (C=O) groups excluding carboxylic acids is 2. The van der Waals surface area contributed by atoms with Gasteiger partial charge in [-0.2, -0.15) is 0 Å². The Labute approximate surface area is 158 Å². The van der Waals surface area contributed by atoms with Crippen molar-refractivity contribution in [2.75, 3.05) is 11.9 Å². The van der Waals surface area contributed by atoms with Gasteiger partial charge in [-0.1, -0.05) is 12.1 Å². The van der Waals surface area contributed by atoms with Crippen molar-refractivity contribution in [3.8, 4) is 0 Å². The summed E-state index contributed by atoms with van der Waals surface area (Å²) >= 11 is 0. The smallest absolute Gasteiger partial charge is 0.254 e. The highest BCUT2D eigenvalue weighted by Crippen LogP contribution is 2.47. The van der Waals surface area contributed by atoms with Gasteiger partial charge in [0, 0.05) is 24.0 Å². The zero-order valence-electron chi connectivity index (χ0n) is 15.3. The van der Waals surface area contributed by atoms with Crippen LogP contribution in [-0.4, -0.2) is 39.3 Å². The number of carbonyl (C=O) groups is 2. The third-order valence-corrected chi connectivity index (χ3v) is 5.96. The largest absolute Gasteiger partial charge is 0.326 e. The highest BCUT2D eigenvalue weighted by Gasteiger charge is 2.43. The van der Waals surface area contributed by atoms with Crippen molar-refractivity contribution < 1.29 is 9.59 Å². The van der Waals surface area contributed by atoms with Crippen molar-refractivity contribution in [3.05, 3.63) is 52.8 Å². The molecule has 6 nitrogen and oxygen atoms in total. The molecule has 2 saturated carbocycles. The van der Waals surface area contributed by atoms with Crippen LogP contribution in [0.2, 0.25) is 0 Å². The molecular weight excluding hydrogens is 340 g/mol. The van der Waals surface area contributed by atoms with Gasteiger partial charge in [0.25, 0.3) is 5.91 Å². The second kappa shape index (κ2) is 6.15. The van der Waals surface area contributed by atoms with Gasteiger partial charge in [0.2, 0.25) is 11.9 Å². The van der Waals surface area contributed by atoms with Crippen molar-refractivity contribution in [1.29, 1.82) is 0 Å². The lowest BCUT2D eigenvalue weighted by Crippen LogP contribution is -2.47. The molecule has 2 bridgehead atoms. The first kappa shape index (κ1) is 16.4. The molecule has 2 amide bonds. The number of nitrogens with zero attached hydrogens (tertiary/aromatic N) is 3. The summed E-state index contributed by atoms with van der Waals surface area (Å²) in [5.41, 5.74) is 4.25. The molecule has 3 heterocycles. The molecule has 0 unspecified atom stereocenters. The predicted molar refractivity (Wildman–Crippen MR) is 101 cm³/mol. The van der Waals surface area contributed by atoms with Gasteiger partial charge in [-0.3, -0.25) is 14.9 Å². The first-order valence-electron chi connectivity index (χ1n) is 9.62. The third-order valence-electron chi connectivity index (χ3n) is 5.96. The van der Waals surface area contributed by atoms with Gasteiger partial charge in [0.1, 0.15) is 6.54 Å². The lowest BCUT2D eigenvalue weighted by molar-refractivity contribution is -0.117. The molecule has 2 aliphatic carbocycles. The first-order chi connectivity index (χ1) is 13.1. The number of aryl methyl sites for hydroxylation is 1. The number of hydrogen-bond acceptors (Lipinski definition) is 4. The van der Waals surface area contributed by atoms with Crippen LogP contribution in [0.3, 0.4) is 0 Å². The summed E-state index contributed by atoms with van der Waals surface area (Å²) in [5, 5.41) is 2.70. The molecule has 0 atom stereocenters. The van der Waals surface area contributed by atoms with Gasteiger partial charge in [0.15, 0.2) is 0 Å². The van der Waals surface area contributed by atoms with Crippen LogP contribution in [0.1, 0.15) is 64.6 Å². The van der Waals surface area contributed by atoms with Crippen molar-refractivity contribution in [2.45, 2.75) is 50.5 Å². The standard InChI is InChI=1S/C21H22N4O2/c1-12-9-22-21(23-10-12)24-19(26)11-25-16-6-15(7-16)18-8-14(13-2-3-13)4-5-17(18)20(25)27/h4-5,8-10,13,15-16H,2-3,6-7,11H2,1H3,(H,22,23,24,26). The van der Waals surface area contributed by atoms with Crippen molar-refractivity contribution in [3.63, 3.8) is 0 Å². The number of hydrogen-bond donors (Lipinski definition) is 1. The Balaban J connectivity index is 1.35. The molecule has 6 heteroatoms. The quantitative estimate of drug-likeness (QED) is 0.907. The van der Waals surface area contributed by atoms with E-state index in [-0.39, 0.29) is 30.3 Å². The number of rotatable bonds is 4. The summed E-state index contributed by atoms with van der Waals surface area (Å²) in [6.45, 7) is 1.93.